The maximum absolute atomic E-state index is 13.0. The second-order valence-electron chi connectivity index (χ2n) is 6.31. The van der Waals surface area contributed by atoms with Gasteiger partial charge in [0.1, 0.15) is 5.39 Å². The number of halogens is 4. The zero-order valence-electron chi connectivity index (χ0n) is 14.4. The van der Waals surface area contributed by atoms with E-state index in [1.165, 1.54) is 0 Å². The second kappa shape index (κ2) is 6.90. The van der Waals surface area contributed by atoms with Crippen LogP contribution in [0, 0.1) is 0 Å². The van der Waals surface area contributed by atoms with Gasteiger partial charge in [0.2, 0.25) is 5.43 Å². The zero-order chi connectivity index (χ0) is 19.9. The van der Waals surface area contributed by atoms with Gasteiger partial charge in [0, 0.05) is 17.5 Å². The van der Waals surface area contributed by atoms with Gasteiger partial charge in [-0.1, -0.05) is 29.8 Å². The molecule has 27 heavy (non-hydrogen) atoms. The summed E-state index contributed by atoms with van der Waals surface area (Å²) in [6, 6.07) is 6.75. The van der Waals surface area contributed by atoms with Crippen LogP contribution < -0.4 is 5.43 Å². The summed E-state index contributed by atoms with van der Waals surface area (Å²) < 4.78 is 39.1. The van der Waals surface area contributed by atoms with Gasteiger partial charge in [-0.15, -0.1) is 0 Å². The van der Waals surface area contributed by atoms with Crippen molar-refractivity contribution in [3.05, 3.63) is 56.5 Å². The fourth-order valence-electron chi connectivity index (χ4n) is 2.97. The molecular weight excluding hydrogens is 385 g/mol. The quantitative estimate of drug-likeness (QED) is 0.626. The molecule has 2 aromatic heterocycles. The third-order valence-corrected chi connectivity index (χ3v) is 4.68. The molecule has 0 aliphatic carbocycles. The van der Waals surface area contributed by atoms with Gasteiger partial charge < -0.3 is 15.0 Å². The number of pyridine rings is 1. The van der Waals surface area contributed by atoms with Crippen LogP contribution in [0.5, 0.6) is 5.75 Å². The molecule has 0 unspecified atom stereocenters. The molecule has 3 rings (SSSR count). The van der Waals surface area contributed by atoms with Crippen LogP contribution in [-0.2, 0) is 12.6 Å². The Morgan fingerprint density at radius 2 is 1.96 bits per heavy atom. The van der Waals surface area contributed by atoms with Crippen LogP contribution in [-0.4, -0.2) is 39.3 Å². The molecule has 0 spiro atoms. The van der Waals surface area contributed by atoms with Gasteiger partial charge in [-0.2, -0.15) is 18.3 Å². The SMILES string of the molecule is CN(C)[C@@H](Cc1[nH]c2n[nH]c(C(F)(F)F)c2c(=O)c1O)c1ccccc1Cl. The smallest absolute Gasteiger partial charge is 0.433 e. The number of aromatic amines is 2. The van der Waals surface area contributed by atoms with Gasteiger partial charge in [-0.05, 0) is 25.7 Å². The van der Waals surface area contributed by atoms with E-state index in [4.69, 9.17) is 11.6 Å². The maximum atomic E-state index is 13.0. The van der Waals surface area contributed by atoms with Crippen molar-refractivity contribution in [3.63, 3.8) is 0 Å². The van der Waals surface area contributed by atoms with Gasteiger partial charge in [-0.25, -0.2) is 0 Å². The van der Waals surface area contributed by atoms with Gasteiger partial charge in [0.05, 0.1) is 5.69 Å². The summed E-state index contributed by atoms with van der Waals surface area (Å²) in [7, 11) is 3.58. The van der Waals surface area contributed by atoms with Crippen molar-refractivity contribution < 1.29 is 18.3 Å². The number of nitrogens with one attached hydrogen (secondary N) is 2. The Hall–Kier alpha value is -2.52. The van der Waals surface area contributed by atoms with E-state index in [0.29, 0.717) is 5.02 Å². The Morgan fingerprint density at radius 1 is 1.30 bits per heavy atom. The lowest BCUT2D eigenvalue weighted by atomic mass is 9.99. The van der Waals surface area contributed by atoms with Gasteiger partial charge in [-0.3, -0.25) is 9.89 Å². The Morgan fingerprint density at radius 3 is 2.56 bits per heavy atom. The number of benzene rings is 1. The molecule has 0 bridgehead atoms. The first-order valence-electron chi connectivity index (χ1n) is 7.91. The fourth-order valence-corrected chi connectivity index (χ4v) is 3.23. The summed E-state index contributed by atoms with van der Waals surface area (Å²) in [5.74, 6) is -0.770. The number of aromatic hydroxyl groups is 1. The van der Waals surface area contributed by atoms with Crippen LogP contribution in [0.2, 0.25) is 5.02 Å². The maximum Gasteiger partial charge on any atom is 0.433 e. The van der Waals surface area contributed by atoms with E-state index < -0.39 is 28.4 Å². The third-order valence-electron chi connectivity index (χ3n) is 4.33. The number of aromatic nitrogens is 3. The number of hydrogen-bond donors (Lipinski definition) is 3. The lowest BCUT2D eigenvalue weighted by molar-refractivity contribution is -0.140. The summed E-state index contributed by atoms with van der Waals surface area (Å²) in [5, 5.41) is 15.4. The Bertz CT molecular complexity index is 1040. The molecule has 6 nitrogen and oxygen atoms in total. The lowest BCUT2D eigenvalue weighted by Gasteiger charge is -2.26. The molecule has 1 aromatic carbocycles. The van der Waals surface area contributed by atoms with Crippen molar-refractivity contribution in [1.82, 2.24) is 20.1 Å². The number of nitrogens with zero attached hydrogens (tertiary/aromatic N) is 2. The molecule has 0 saturated carbocycles. The first-order valence-corrected chi connectivity index (χ1v) is 8.29. The minimum absolute atomic E-state index is 0.0753. The molecule has 0 aliphatic rings. The number of fused-ring (bicyclic) bond motifs is 1. The van der Waals surface area contributed by atoms with E-state index in [1.54, 1.807) is 38.4 Å². The number of alkyl halides is 3. The molecule has 3 aromatic rings. The largest absolute Gasteiger partial charge is 0.503 e. The van der Waals surface area contributed by atoms with Crippen molar-refractivity contribution in [2.45, 2.75) is 18.6 Å². The Balaban J connectivity index is 2.11. The highest BCUT2D eigenvalue weighted by molar-refractivity contribution is 6.31. The molecule has 2 heterocycles. The highest BCUT2D eigenvalue weighted by Crippen LogP contribution is 2.34. The summed E-state index contributed by atoms with van der Waals surface area (Å²) in [5.41, 5.74) is -1.86. The van der Waals surface area contributed by atoms with E-state index in [9.17, 15) is 23.1 Å². The lowest BCUT2D eigenvalue weighted by Crippen LogP contribution is -2.23. The van der Waals surface area contributed by atoms with Crippen LogP contribution in [0.15, 0.2) is 29.1 Å². The fraction of sp³-hybridized carbons (Fsp3) is 0.294. The van der Waals surface area contributed by atoms with Crippen LogP contribution in [0.25, 0.3) is 11.0 Å². The van der Waals surface area contributed by atoms with Crippen LogP contribution in [0.1, 0.15) is 23.0 Å². The average Bonchev–Trinajstić information content (AvgIpc) is 3.01. The summed E-state index contributed by atoms with van der Waals surface area (Å²) >= 11 is 6.25. The van der Waals surface area contributed by atoms with E-state index in [-0.39, 0.29) is 23.8 Å². The van der Waals surface area contributed by atoms with Crippen molar-refractivity contribution >= 4 is 22.6 Å². The van der Waals surface area contributed by atoms with E-state index >= 15 is 0 Å². The van der Waals surface area contributed by atoms with Crippen LogP contribution in [0.3, 0.4) is 0 Å². The van der Waals surface area contributed by atoms with Gasteiger partial charge in [0.25, 0.3) is 0 Å². The minimum Gasteiger partial charge on any atom is -0.503 e. The molecule has 3 N–H and O–H groups in total. The molecule has 144 valence electrons. The molecule has 1 atom stereocenters. The summed E-state index contributed by atoms with van der Waals surface area (Å²) in [4.78, 5) is 16.8. The third kappa shape index (κ3) is 3.52. The average molecular weight is 401 g/mol. The molecule has 0 aliphatic heterocycles. The second-order valence-corrected chi connectivity index (χ2v) is 6.71. The highest BCUT2D eigenvalue weighted by atomic mass is 35.5. The standard InChI is InChI=1S/C17H16ClF3N4O2/c1-25(2)11(8-5-3-4-6-9(8)18)7-10-13(26)14(27)12-15(17(19,20)21)23-24-16(12)22-10/h3-6,11,26H,7H2,1-2H3,(H2,22,23,24,27)/t11-/m0/s1. The first kappa shape index (κ1) is 19.2. The van der Waals surface area contributed by atoms with Crippen molar-refractivity contribution in [2.24, 2.45) is 0 Å². The van der Waals surface area contributed by atoms with Gasteiger partial charge >= 0.3 is 6.18 Å². The van der Waals surface area contributed by atoms with Crippen LogP contribution in [0.4, 0.5) is 13.2 Å². The minimum atomic E-state index is -4.79. The molecule has 0 amide bonds. The summed E-state index contributed by atoms with van der Waals surface area (Å²) in [6.07, 6.45) is -4.68. The van der Waals surface area contributed by atoms with E-state index in [2.05, 4.69) is 10.1 Å². The predicted molar refractivity (Wildman–Crippen MR) is 95.0 cm³/mol. The Labute approximate surface area is 156 Å². The number of H-pyrrole nitrogens is 2. The molecule has 0 radical (unpaired) electrons. The molecule has 0 fully saturated rings. The number of hydrogen-bond acceptors (Lipinski definition) is 4. The first-order chi connectivity index (χ1) is 12.6. The van der Waals surface area contributed by atoms with Crippen molar-refractivity contribution in [3.8, 4) is 5.75 Å². The normalized spacial score (nSPS) is 13.4. The Kier molecular flexibility index (Phi) is 4.92. The van der Waals surface area contributed by atoms with E-state index in [0.717, 1.165) is 5.56 Å². The summed E-state index contributed by atoms with van der Waals surface area (Å²) in [6.45, 7) is 0. The topological polar surface area (TPSA) is 85.0 Å². The number of rotatable bonds is 4. The van der Waals surface area contributed by atoms with E-state index in [1.807, 2.05) is 10.00 Å². The van der Waals surface area contributed by atoms with Crippen molar-refractivity contribution in [2.75, 3.05) is 14.1 Å². The van der Waals surface area contributed by atoms with Crippen LogP contribution >= 0.6 is 11.6 Å². The van der Waals surface area contributed by atoms with Crippen molar-refractivity contribution in [1.29, 1.82) is 0 Å². The monoisotopic (exact) mass is 400 g/mol. The zero-order valence-corrected chi connectivity index (χ0v) is 15.1. The van der Waals surface area contributed by atoms with Gasteiger partial charge in [0.15, 0.2) is 17.1 Å². The highest BCUT2D eigenvalue weighted by Gasteiger charge is 2.37. The molecule has 10 heteroatoms. The number of likely N-dealkylation sites (N-methyl/N-ethyl adjacent to an activating group) is 1. The molecule has 0 saturated heterocycles. The molecular formula is C17H16ClF3N4O2. The predicted octanol–water partition coefficient (Wildman–Crippen LogP) is 3.47.